The maximum atomic E-state index is 12.6. The van der Waals surface area contributed by atoms with Crippen LogP contribution < -0.4 is 4.90 Å². The van der Waals surface area contributed by atoms with Crippen molar-refractivity contribution in [2.75, 3.05) is 31.1 Å². The lowest BCUT2D eigenvalue weighted by Gasteiger charge is -2.36. The zero-order valence-electron chi connectivity index (χ0n) is 15.9. The molecule has 1 saturated heterocycles. The van der Waals surface area contributed by atoms with Crippen molar-refractivity contribution in [3.63, 3.8) is 0 Å². The SMILES string of the molecule is O=C(O)CCCCCCCC(=O)N1CCN(c2ccc(C(F)(F)F)cc2)CC1. The van der Waals surface area contributed by atoms with Gasteiger partial charge in [0.05, 0.1) is 5.56 Å². The van der Waals surface area contributed by atoms with Gasteiger partial charge in [-0.05, 0) is 37.1 Å². The van der Waals surface area contributed by atoms with Crippen molar-refractivity contribution >= 4 is 17.6 Å². The van der Waals surface area contributed by atoms with Crippen molar-refractivity contribution in [2.45, 2.75) is 51.1 Å². The first-order valence-electron chi connectivity index (χ1n) is 9.69. The molecule has 1 heterocycles. The Kier molecular flexibility index (Phi) is 8.14. The Morgan fingerprint density at radius 2 is 1.39 bits per heavy atom. The molecule has 1 aliphatic rings. The van der Waals surface area contributed by atoms with Gasteiger partial charge in [0.25, 0.3) is 0 Å². The van der Waals surface area contributed by atoms with Gasteiger partial charge < -0.3 is 14.9 Å². The molecule has 1 fully saturated rings. The second-order valence-electron chi connectivity index (χ2n) is 7.07. The summed E-state index contributed by atoms with van der Waals surface area (Å²) in [6, 6.07) is 5.13. The fraction of sp³-hybridized carbons (Fsp3) is 0.600. The minimum atomic E-state index is -4.33. The second-order valence-corrected chi connectivity index (χ2v) is 7.07. The summed E-state index contributed by atoms with van der Waals surface area (Å²) in [6.45, 7) is 2.34. The highest BCUT2D eigenvalue weighted by atomic mass is 19.4. The van der Waals surface area contributed by atoms with Crippen molar-refractivity contribution in [1.29, 1.82) is 0 Å². The molecule has 1 aromatic rings. The van der Waals surface area contributed by atoms with Crippen molar-refractivity contribution < 1.29 is 27.9 Å². The summed E-state index contributed by atoms with van der Waals surface area (Å²) in [5, 5.41) is 8.57. The van der Waals surface area contributed by atoms with Gasteiger partial charge in [0.1, 0.15) is 0 Å². The third kappa shape index (κ3) is 7.05. The number of amides is 1. The van der Waals surface area contributed by atoms with Crippen LogP contribution in [0.3, 0.4) is 0 Å². The predicted octanol–water partition coefficient (Wildman–Crippen LogP) is 4.17. The molecule has 2 rings (SSSR count). The molecular weight excluding hydrogens is 373 g/mol. The summed E-state index contributed by atoms with van der Waals surface area (Å²) in [7, 11) is 0. The Morgan fingerprint density at radius 3 is 1.93 bits per heavy atom. The van der Waals surface area contributed by atoms with E-state index < -0.39 is 17.7 Å². The standard InChI is InChI=1S/C20H27F3N2O3/c21-20(22,23)16-8-10-17(11-9-16)24-12-14-25(15-13-24)18(26)6-4-2-1-3-5-7-19(27)28/h8-11H,1-7,12-15H2,(H,27,28). The highest BCUT2D eigenvalue weighted by molar-refractivity contribution is 5.76. The molecule has 0 spiro atoms. The second kappa shape index (κ2) is 10.3. The topological polar surface area (TPSA) is 60.9 Å². The molecule has 0 unspecified atom stereocenters. The van der Waals surface area contributed by atoms with Gasteiger partial charge in [0.15, 0.2) is 0 Å². The van der Waals surface area contributed by atoms with E-state index in [1.54, 1.807) is 0 Å². The zero-order valence-corrected chi connectivity index (χ0v) is 15.9. The monoisotopic (exact) mass is 400 g/mol. The number of hydrogen-bond acceptors (Lipinski definition) is 3. The van der Waals surface area contributed by atoms with E-state index in [-0.39, 0.29) is 12.3 Å². The number of nitrogens with zero attached hydrogens (tertiary/aromatic N) is 2. The van der Waals surface area contributed by atoms with Crippen LogP contribution in [0.1, 0.15) is 50.5 Å². The van der Waals surface area contributed by atoms with Crippen LogP contribution in [0.25, 0.3) is 0 Å². The molecule has 1 aliphatic heterocycles. The highest BCUT2D eigenvalue weighted by Crippen LogP contribution is 2.30. The first-order chi connectivity index (χ1) is 13.3. The van der Waals surface area contributed by atoms with Crippen LogP contribution in [0.5, 0.6) is 0 Å². The maximum Gasteiger partial charge on any atom is 0.416 e. The fourth-order valence-corrected chi connectivity index (χ4v) is 3.32. The number of aliphatic carboxylic acids is 1. The van der Waals surface area contributed by atoms with Crippen molar-refractivity contribution in [3.05, 3.63) is 29.8 Å². The third-order valence-electron chi connectivity index (χ3n) is 4.97. The molecule has 1 N–H and O–H groups in total. The van der Waals surface area contributed by atoms with Gasteiger partial charge >= 0.3 is 12.1 Å². The summed E-state index contributed by atoms with van der Waals surface area (Å²) < 4.78 is 37.9. The number of unbranched alkanes of at least 4 members (excludes halogenated alkanes) is 4. The van der Waals surface area contributed by atoms with Crippen LogP contribution in [0.4, 0.5) is 18.9 Å². The van der Waals surface area contributed by atoms with Gasteiger partial charge in [-0.25, -0.2) is 0 Å². The molecule has 0 atom stereocenters. The molecule has 0 saturated carbocycles. The van der Waals surface area contributed by atoms with Crippen molar-refractivity contribution in [2.24, 2.45) is 0 Å². The Bertz CT molecular complexity index is 639. The van der Waals surface area contributed by atoms with E-state index in [0.29, 0.717) is 39.0 Å². The van der Waals surface area contributed by atoms with Crippen molar-refractivity contribution in [3.8, 4) is 0 Å². The first kappa shape index (κ1) is 22.0. The van der Waals surface area contributed by atoms with E-state index in [9.17, 15) is 22.8 Å². The summed E-state index contributed by atoms with van der Waals surface area (Å²) in [6.07, 6.45) is 0.535. The molecule has 0 aromatic heterocycles. The van der Waals surface area contributed by atoms with E-state index >= 15 is 0 Å². The number of halogens is 3. The normalized spacial score (nSPS) is 15.0. The van der Waals surface area contributed by atoms with Crippen LogP contribution >= 0.6 is 0 Å². The molecule has 0 bridgehead atoms. The smallest absolute Gasteiger partial charge is 0.416 e. The van der Waals surface area contributed by atoms with Gasteiger partial charge in [-0.1, -0.05) is 19.3 Å². The average Bonchev–Trinajstić information content (AvgIpc) is 2.66. The Balaban J connectivity index is 1.66. The molecule has 28 heavy (non-hydrogen) atoms. The maximum absolute atomic E-state index is 12.6. The van der Waals surface area contributed by atoms with E-state index in [2.05, 4.69) is 0 Å². The van der Waals surface area contributed by atoms with Gasteiger partial charge in [0, 0.05) is 44.7 Å². The lowest BCUT2D eigenvalue weighted by Crippen LogP contribution is -2.48. The van der Waals surface area contributed by atoms with Crippen molar-refractivity contribution in [1.82, 2.24) is 4.90 Å². The third-order valence-corrected chi connectivity index (χ3v) is 4.97. The largest absolute Gasteiger partial charge is 0.481 e. The molecular formula is C20H27F3N2O3. The number of alkyl halides is 3. The fourth-order valence-electron chi connectivity index (χ4n) is 3.32. The minimum absolute atomic E-state index is 0.109. The molecule has 156 valence electrons. The lowest BCUT2D eigenvalue weighted by molar-refractivity contribution is -0.138. The van der Waals surface area contributed by atoms with E-state index in [0.717, 1.165) is 43.5 Å². The number of carbonyl (C=O) groups excluding carboxylic acids is 1. The number of rotatable bonds is 9. The van der Waals surface area contributed by atoms with Crippen LogP contribution in [0, 0.1) is 0 Å². The number of benzene rings is 1. The molecule has 1 amide bonds. The average molecular weight is 400 g/mol. The van der Waals surface area contributed by atoms with E-state index in [4.69, 9.17) is 5.11 Å². The number of carboxylic acids is 1. The number of piperazine rings is 1. The quantitative estimate of drug-likeness (QED) is 0.632. The van der Waals surface area contributed by atoms with Gasteiger partial charge in [-0.3, -0.25) is 9.59 Å². The van der Waals surface area contributed by atoms with E-state index in [1.165, 1.54) is 12.1 Å². The summed E-state index contributed by atoms with van der Waals surface area (Å²) in [4.78, 5) is 26.5. The zero-order chi connectivity index (χ0) is 20.6. The van der Waals surface area contributed by atoms with Gasteiger partial charge in [-0.15, -0.1) is 0 Å². The van der Waals surface area contributed by atoms with Crippen LogP contribution in [-0.4, -0.2) is 48.1 Å². The lowest BCUT2D eigenvalue weighted by atomic mass is 10.1. The number of anilines is 1. The van der Waals surface area contributed by atoms with E-state index in [1.807, 2.05) is 9.80 Å². The molecule has 0 radical (unpaired) electrons. The number of carboxylic acid groups (broad SMARTS) is 1. The first-order valence-corrected chi connectivity index (χ1v) is 9.69. The summed E-state index contributed by atoms with van der Waals surface area (Å²) in [5.41, 5.74) is 0.0782. The van der Waals surface area contributed by atoms with Crippen LogP contribution in [0.2, 0.25) is 0 Å². The van der Waals surface area contributed by atoms with Gasteiger partial charge in [0.2, 0.25) is 5.91 Å². The highest BCUT2D eigenvalue weighted by Gasteiger charge is 2.30. The Labute approximate surface area is 163 Å². The number of carbonyl (C=O) groups is 2. The molecule has 1 aromatic carbocycles. The summed E-state index contributed by atoms with van der Waals surface area (Å²) >= 11 is 0. The van der Waals surface area contributed by atoms with Gasteiger partial charge in [-0.2, -0.15) is 13.2 Å². The molecule has 8 heteroatoms. The van der Waals surface area contributed by atoms with Crippen LogP contribution in [-0.2, 0) is 15.8 Å². The Hall–Kier alpha value is -2.25. The number of hydrogen-bond donors (Lipinski definition) is 1. The molecule has 5 nitrogen and oxygen atoms in total. The molecule has 0 aliphatic carbocycles. The predicted molar refractivity (Wildman–Crippen MR) is 100 cm³/mol. The van der Waals surface area contributed by atoms with Crippen LogP contribution in [0.15, 0.2) is 24.3 Å². The Morgan fingerprint density at radius 1 is 0.857 bits per heavy atom. The minimum Gasteiger partial charge on any atom is -0.481 e. The summed E-state index contributed by atoms with van der Waals surface area (Å²) in [5.74, 6) is -0.664.